The summed E-state index contributed by atoms with van der Waals surface area (Å²) < 4.78 is -0.0416. The molecule has 0 saturated carbocycles. The van der Waals surface area contributed by atoms with Crippen molar-refractivity contribution in [3.63, 3.8) is 0 Å². The number of allylic oxidation sites excluding steroid dienone is 1. The van der Waals surface area contributed by atoms with Crippen LogP contribution < -0.4 is 5.32 Å². The zero-order valence-corrected chi connectivity index (χ0v) is 15.8. The van der Waals surface area contributed by atoms with Gasteiger partial charge >= 0.3 is 0 Å². The summed E-state index contributed by atoms with van der Waals surface area (Å²) in [5.41, 5.74) is 5.89. The second-order valence-electron chi connectivity index (χ2n) is 7.21. The number of unbranched alkanes of at least 4 members (excludes halogenated alkanes) is 3. The van der Waals surface area contributed by atoms with Gasteiger partial charge in [0.15, 0.2) is 0 Å². The van der Waals surface area contributed by atoms with E-state index < -0.39 is 0 Å². The van der Waals surface area contributed by atoms with Crippen molar-refractivity contribution in [3.8, 4) is 0 Å². The smallest absolute Gasteiger partial charge is 0.221 e. The molecule has 1 atom stereocenters. The van der Waals surface area contributed by atoms with E-state index in [1.807, 2.05) is 11.8 Å². The number of thioether (sulfide) groups is 1. The van der Waals surface area contributed by atoms with E-state index in [1.165, 1.54) is 41.5 Å². The third kappa shape index (κ3) is 3.72. The molecule has 2 nitrogen and oxygen atoms in total. The van der Waals surface area contributed by atoms with Crippen LogP contribution in [0.1, 0.15) is 63.5 Å². The van der Waals surface area contributed by atoms with Gasteiger partial charge in [0.2, 0.25) is 5.91 Å². The van der Waals surface area contributed by atoms with Crippen molar-refractivity contribution in [2.24, 2.45) is 0 Å². The molecule has 1 aliphatic heterocycles. The first kappa shape index (κ1) is 17.6. The molecule has 0 saturated heterocycles. The van der Waals surface area contributed by atoms with Crippen LogP contribution in [0.25, 0.3) is 5.57 Å². The van der Waals surface area contributed by atoms with Gasteiger partial charge in [-0.3, -0.25) is 4.79 Å². The Hall–Kier alpha value is -1.22. The first-order valence-corrected chi connectivity index (χ1v) is 10.3. The molecule has 1 unspecified atom stereocenters. The second-order valence-corrected chi connectivity index (χ2v) is 8.81. The Morgan fingerprint density at radius 2 is 2.08 bits per heavy atom. The van der Waals surface area contributed by atoms with Gasteiger partial charge < -0.3 is 5.32 Å². The minimum absolute atomic E-state index is 0.0416. The quantitative estimate of drug-likeness (QED) is 0.708. The fourth-order valence-electron chi connectivity index (χ4n) is 3.99. The van der Waals surface area contributed by atoms with E-state index in [0.717, 1.165) is 31.6 Å². The average Bonchev–Trinajstić information content (AvgIpc) is 2.95. The number of hydrogen-bond donors (Lipinski definition) is 1. The van der Waals surface area contributed by atoms with Crippen molar-refractivity contribution in [2.45, 2.75) is 63.5 Å². The molecule has 24 heavy (non-hydrogen) atoms. The van der Waals surface area contributed by atoms with Gasteiger partial charge in [-0.1, -0.05) is 50.5 Å². The summed E-state index contributed by atoms with van der Waals surface area (Å²) in [4.78, 5) is 12.5. The van der Waals surface area contributed by atoms with Crippen LogP contribution in [-0.2, 0) is 11.2 Å². The van der Waals surface area contributed by atoms with Crippen molar-refractivity contribution in [1.82, 2.24) is 5.32 Å². The summed E-state index contributed by atoms with van der Waals surface area (Å²) in [5, 5.41) is 3.14. The number of hydrogen-bond acceptors (Lipinski definition) is 2. The van der Waals surface area contributed by atoms with E-state index in [4.69, 9.17) is 0 Å². The number of amides is 1. The third-order valence-corrected chi connectivity index (χ3v) is 6.77. The van der Waals surface area contributed by atoms with E-state index in [2.05, 4.69) is 43.4 Å². The third-order valence-electron chi connectivity index (χ3n) is 5.34. The molecule has 1 amide bonds. The van der Waals surface area contributed by atoms with Crippen LogP contribution in [0.3, 0.4) is 0 Å². The minimum Gasteiger partial charge on any atom is -0.356 e. The summed E-state index contributed by atoms with van der Waals surface area (Å²) in [7, 11) is 0. The molecule has 3 heteroatoms. The van der Waals surface area contributed by atoms with Gasteiger partial charge in [0, 0.05) is 17.7 Å². The number of nitrogens with one attached hydrogen (secondary N) is 1. The number of fused-ring (bicyclic) bond motifs is 2. The zero-order valence-electron chi connectivity index (χ0n) is 15.0. The van der Waals surface area contributed by atoms with Crippen LogP contribution in [-0.4, -0.2) is 23.0 Å². The standard InChI is InChI=1S/C21H29NOS/c1-3-4-5-8-12-22-20(23)15-21(2)19-14-16-9-6-7-10-17(16)18(19)11-13-24-21/h6-7,9-10H,3-5,8,11-15H2,1-2H3,(H,22,23). The summed E-state index contributed by atoms with van der Waals surface area (Å²) >= 11 is 1.97. The van der Waals surface area contributed by atoms with Crippen molar-refractivity contribution < 1.29 is 4.79 Å². The fraction of sp³-hybridized carbons (Fsp3) is 0.571. The van der Waals surface area contributed by atoms with Crippen LogP contribution in [0.2, 0.25) is 0 Å². The van der Waals surface area contributed by atoms with Crippen LogP contribution in [0.15, 0.2) is 29.8 Å². The highest BCUT2D eigenvalue weighted by Gasteiger charge is 2.40. The highest BCUT2D eigenvalue weighted by molar-refractivity contribution is 8.00. The van der Waals surface area contributed by atoms with Crippen LogP contribution in [0, 0.1) is 0 Å². The predicted molar refractivity (Wildman–Crippen MR) is 104 cm³/mol. The van der Waals surface area contributed by atoms with Crippen molar-refractivity contribution in [2.75, 3.05) is 12.3 Å². The van der Waals surface area contributed by atoms with Gasteiger partial charge in [-0.15, -0.1) is 0 Å². The molecule has 1 aliphatic carbocycles. The number of carbonyl (C=O) groups is 1. The molecule has 0 radical (unpaired) electrons. The van der Waals surface area contributed by atoms with Gasteiger partial charge in [0.1, 0.15) is 0 Å². The molecule has 1 aromatic carbocycles. The molecule has 130 valence electrons. The monoisotopic (exact) mass is 343 g/mol. The van der Waals surface area contributed by atoms with Crippen LogP contribution in [0.5, 0.6) is 0 Å². The Balaban J connectivity index is 1.63. The summed E-state index contributed by atoms with van der Waals surface area (Å²) in [5.74, 6) is 1.33. The number of rotatable bonds is 7. The Morgan fingerprint density at radius 3 is 2.92 bits per heavy atom. The van der Waals surface area contributed by atoms with Gasteiger partial charge in [-0.05, 0) is 54.2 Å². The highest BCUT2D eigenvalue weighted by Crippen LogP contribution is 2.51. The average molecular weight is 344 g/mol. The largest absolute Gasteiger partial charge is 0.356 e. The molecule has 0 fully saturated rings. The molecule has 1 heterocycles. The molecule has 1 aromatic rings. The first-order valence-electron chi connectivity index (χ1n) is 9.35. The van der Waals surface area contributed by atoms with Crippen LogP contribution >= 0.6 is 11.8 Å². The van der Waals surface area contributed by atoms with Crippen molar-refractivity contribution in [1.29, 1.82) is 0 Å². The number of carbonyl (C=O) groups excluding carboxylic acids is 1. The molecule has 0 aromatic heterocycles. The van der Waals surface area contributed by atoms with E-state index in [0.29, 0.717) is 6.42 Å². The lowest BCUT2D eigenvalue weighted by atomic mass is 9.90. The Kier molecular flexibility index (Phi) is 5.70. The molecule has 2 aliphatic rings. The lowest BCUT2D eigenvalue weighted by Crippen LogP contribution is -2.36. The van der Waals surface area contributed by atoms with Crippen molar-refractivity contribution >= 4 is 23.2 Å². The Labute approximate surface area is 150 Å². The van der Waals surface area contributed by atoms with E-state index in [-0.39, 0.29) is 10.7 Å². The van der Waals surface area contributed by atoms with Crippen molar-refractivity contribution in [3.05, 3.63) is 41.0 Å². The van der Waals surface area contributed by atoms with Gasteiger partial charge in [-0.25, -0.2) is 0 Å². The molecule has 3 rings (SSSR count). The van der Waals surface area contributed by atoms with E-state index in [9.17, 15) is 4.79 Å². The van der Waals surface area contributed by atoms with Crippen LogP contribution in [0.4, 0.5) is 0 Å². The maximum Gasteiger partial charge on any atom is 0.221 e. The molecule has 0 spiro atoms. The molecular weight excluding hydrogens is 314 g/mol. The molecule has 1 N–H and O–H groups in total. The molecular formula is C21H29NOS. The normalized spacial score (nSPS) is 22.2. The van der Waals surface area contributed by atoms with Gasteiger partial charge in [0.05, 0.1) is 0 Å². The summed E-state index contributed by atoms with van der Waals surface area (Å²) in [6, 6.07) is 8.76. The zero-order chi connectivity index (χ0) is 17.0. The highest BCUT2D eigenvalue weighted by atomic mass is 32.2. The minimum atomic E-state index is -0.0416. The van der Waals surface area contributed by atoms with E-state index in [1.54, 1.807) is 0 Å². The second kappa shape index (κ2) is 7.77. The predicted octanol–water partition coefficient (Wildman–Crippen LogP) is 4.98. The Bertz CT molecular complexity index is 636. The maximum atomic E-state index is 12.5. The topological polar surface area (TPSA) is 29.1 Å². The SMILES string of the molecule is CCCCCCNC(=O)CC1(C)SCCC2=C1Cc1ccccc12. The maximum absolute atomic E-state index is 12.5. The summed E-state index contributed by atoms with van der Waals surface area (Å²) in [6.45, 7) is 5.31. The molecule has 0 bridgehead atoms. The fourth-order valence-corrected chi connectivity index (χ4v) is 5.35. The lowest BCUT2D eigenvalue weighted by Gasteiger charge is -2.35. The van der Waals surface area contributed by atoms with Gasteiger partial charge in [0.25, 0.3) is 0 Å². The lowest BCUT2D eigenvalue weighted by molar-refractivity contribution is -0.121. The van der Waals surface area contributed by atoms with E-state index >= 15 is 0 Å². The first-order chi connectivity index (χ1) is 11.6. The Morgan fingerprint density at radius 1 is 1.25 bits per heavy atom. The summed E-state index contributed by atoms with van der Waals surface area (Å²) in [6.07, 6.45) is 7.59. The number of benzene rings is 1. The van der Waals surface area contributed by atoms with Gasteiger partial charge in [-0.2, -0.15) is 11.8 Å².